The van der Waals surface area contributed by atoms with Gasteiger partial charge in [0.25, 0.3) is 0 Å². The molecule has 0 saturated carbocycles. The van der Waals surface area contributed by atoms with Crippen molar-refractivity contribution >= 4 is 35.5 Å². The second kappa shape index (κ2) is 14.8. The first-order valence-corrected chi connectivity index (χ1v) is 11.2. The molecular formula is C20H35N7O7. The molecule has 1 saturated heterocycles. The van der Waals surface area contributed by atoms with Crippen LogP contribution in [0.3, 0.4) is 0 Å². The molecule has 1 aliphatic rings. The Morgan fingerprint density at radius 2 is 1.68 bits per heavy atom. The molecule has 0 unspecified atom stereocenters. The van der Waals surface area contributed by atoms with Gasteiger partial charge in [-0.15, -0.1) is 0 Å². The number of carbonyl (C=O) groups is 6. The Bertz CT molecular complexity index is 762. The van der Waals surface area contributed by atoms with Gasteiger partial charge in [-0.3, -0.25) is 24.0 Å². The molecule has 5 amide bonds. The van der Waals surface area contributed by atoms with Crippen LogP contribution in [0.25, 0.3) is 0 Å². The highest BCUT2D eigenvalue weighted by Gasteiger charge is 2.38. The van der Waals surface area contributed by atoms with Crippen molar-refractivity contribution in [2.75, 3.05) is 26.2 Å². The molecule has 34 heavy (non-hydrogen) atoms. The highest BCUT2D eigenvalue weighted by molar-refractivity contribution is 5.94. The second-order valence-corrected chi connectivity index (χ2v) is 7.98. The van der Waals surface area contributed by atoms with Gasteiger partial charge >= 0.3 is 5.97 Å². The summed E-state index contributed by atoms with van der Waals surface area (Å²) >= 11 is 0. The van der Waals surface area contributed by atoms with Crippen LogP contribution in [0, 0.1) is 0 Å². The third-order valence-corrected chi connectivity index (χ3v) is 5.35. The molecule has 0 aromatic carbocycles. The minimum atomic E-state index is -1.21. The number of likely N-dealkylation sites (tertiary alicyclic amines) is 1. The average molecular weight is 486 g/mol. The molecule has 0 spiro atoms. The molecule has 192 valence electrons. The van der Waals surface area contributed by atoms with Crippen molar-refractivity contribution in [3.05, 3.63) is 0 Å². The van der Waals surface area contributed by atoms with E-state index in [0.717, 1.165) is 0 Å². The number of nitrogens with one attached hydrogen (secondary N) is 3. The summed E-state index contributed by atoms with van der Waals surface area (Å²) in [5, 5.41) is 16.6. The van der Waals surface area contributed by atoms with Gasteiger partial charge in [0.05, 0.1) is 13.1 Å². The topological polar surface area (TPSA) is 240 Å². The first-order valence-electron chi connectivity index (χ1n) is 11.2. The van der Waals surface area contributed by atoms with Crippen LogP contribution < -0.4 is 33.2 Å². The summed E-state index contributed by atoms with van der Waals surface area (Å²) in [6.45, 7) is -0.132. The number of unbranched alkanes of at least 4 members (excludes halogenated alkanes) is 1. The number of carboxylic acids is 1. The molecule has 10 N–H and O–H groups in total. The number of aliphatic carboxylic acids is 1. The van der Waals surface area contributed by atoms with Gasteiger partial charge < -0.3 is 43.2 Å². The summed E-state index contributed by atoms with van der Waals surface area (Å²) < 4.78 is 0. The van der Waals surface area contributed by atoms with Crippen molar-refractivity contribution in [2.24, 2.45) is 17.2 Å². The number of hydrogen-bond donors (Lipinski definition) is 7. The van der Waals surface area contributed by atoms with E-state index in [4.69, 9.17) is 17.2 Å². The predicted octanol–water partition coefficient (Wildman–Crippen LogP) is -3.50. The molecule has 0 aromatic heterocycles. The molecule has 1 heterocycles. The van der Waals surface area contributed by atoms with Crippen molar-refractivity contribution in [1.29, 1.82) is 0 Å². The monoisotopic (exact) mass is 485 g/mol. The Balaban J connectivity index is 2.95. The smallest absolute Gasteiger partial charge is 0.326 e. The van der Waals surface area contributed by atoms with E-state index < -0.39 is 60.2 Å². The van der Waals surface area contributed by atoms with Crippen molar-refractivity contribution in [1.82, 2.24) is 20.9 Å². The SMILES string of the molecule is NCCCC[C@H](NC(=O)[C@H](CCC(N)=O)NC(=O)CNC(=O)CN)C(=O)N1CCC[C@H]1C(=O)O. The number of rotatable bonds is 15. The van der Waals surface area contributed by atoms with E-state index in [0.29, 0.717) is 32.2 Å². The predicted molar refractivity (Wildman–Crippen MR) is 120 cm³/mol. The fourth-order valence-electron chi connectivity index (χ4n) is 3.56. The molecule has 1 aliphatic heterocycles. The van der Waals surface area contributed by atoms with Gasteiger partial charge in [0.15, 0.2) is 0 Å². The molecule has 3 atom stereocenters. The van der Waals surface area contributed by atoms with E-state index in [9.17, 15) is 33.9 Å². The van der Waals surface area contributed by atoms with Gasteiger partial charge in [-0.05, 0) is 45.1 Å². The Morgan fingerprint density at radius 3 is 2.26 bits per heavy atom. The number of carboxylic acid groups (broad SMARTS) is 1. The normalized spacial score (nSPS) is 16.9. The summed E-state index contributed by atoms with van der Waals surface area (Å²) in [6, 6.07) is -3.23. The zero-order valence-corrected chi connectivity index (χ0v) is 19.1. The highest BCUT2D eigenvalue weighted by Crippen LogP contribution is 2.20. The maximum absolute atomic E-state index is 13.1. The van der Waals surface area contributed by atoms with Gasteiger partial charge in [0, 0.05) is 13.0 Å². The van der Waals surface area contributed by atoms with Gasteiger partial charge in [-0.2, -0.15) is 0 Å². The van der Waals surface area contributed by atoms with Crippen LogP contribution in [0.5, 0.6) is 0 Å². The summed E-state index contributed by atoms with van der Waals surface area (Å²) in [4.78, 5) is 73.4. The van der Waals surface area contributed by atoms with Gasteiger partial charge in [-0.1, -0.05) is 0 Å². The molecule has 1 rings (SSSR count). The van der Waals surface area contributed by atoms with Crippen LogP contribution in [0.1, 0.15) is 44.9 Å². The summed E-state index contributed by atoms with van der Waals surface area (Å²) in [5.41, 5.74) is 15.8. The number of carbonyl (C=O) groups excluding carboxylic acids is 5. The minimum absolute atomic E-state index is 0.136. The van der Waals surface area contributed by atoms with E-state index >= 15 is 0 Å². The number of hydrogen-bond acceptors (Lipinski definition) is 8. The Kier molecular flexibility index (Phi) is 12.5. The maximum Gasteiger partial charge on any atom is 0.326 e. The largest absolute Gasteiger partial charge is 0.480 e. The highest BCUT2D eigenvalue weighted by atomic mass is 16.4. The first kappa shape index (κ1) is 28.8. The Morgan fingerprint density at radius 1 is 0.971 bits per heavy atom. The van der Waals surface area contributed by atoms with Gasteiger partial charge in [0.2, 0.25) is 29.5 Å². The van der Waals surface area contributed by atoms with Crippen molar-refractivity contribution in [3.8, 4) is 0 Å². The van der Waals surface area contributed by atoms with E-state index in [1.165, 1.54) is 4.90 Å². The number of nitrogens with two attached hydrogens (primary N) is 3. The number of amides is 5. The van der Waals surface area contributed by atoms with Gasteiger partial charge in [-0.25, -0.2) is 4.79 Å². The van der Waals surface area contributed by atoms with Crippen LogP contribution in [-0.4, -0.2) is 89.8 Å². The molecule has 14 nitrogen and oxygen atoms in total. The molecule has 0 aliphatic carbocycles. The standard InChI is InChI=1S/C20H35N7O7/c21-8-2-1-4-13(19(32)27-9-3-5-14(27)20(33)34)26-18(31)12(6-7-15(23)28)25-17(30)11-24-16(29)10-22/h12-14H,1-11,21-22H2,(H2,23,28)(H,24,29)(H,25,30)(H,26,31)(H,33,34)/t12-,13-,14-/m0/s1. The lowest BCUT2D eigenvalue weighted by Gasteiger charge is -2.28. The molecule has 14 heteroatoms. The minimum Gasteiger partial charge on any atom is -0.480 e. The van der Waals surface area contributed by atoms with Gasteiger partial charge in [0.1, 0.15) is 18.1 Å². The molecular weight excluding hydrogens is 450 g/mol. The lowest BCUT2D eigenvalue weighted by molar-refractivity contribution is -0.149. The maximum atomic E-state index is 13.1. The van der Waals surface area contributed by atoms with Crippen LogP contribution in [-0.2, 0) is 28.8 Å². The van der Waals surface area contributed by atoms with E-state index in [2.05, 4.69) is 16.0 Å². The first-order chi connectivity index (χ1) is 16.1. The lowest BCUT2D eigenvalue weighted by atomic mass is 10.0. The van der Waals surface area contributed by atoms with Crippen LogP contribution in [0.4, 0.5) is 0 Å². The van der Waals surface area contributed by atoms with Crippen LogP contribution in [0.15, 0.2) is 0 Å². The van der Waals surface area contributed by atoms with E-state index in [1.54, 1.807) is 0 Å². The van der Waals surface area contributed by atoms with E-state index in [-0.39, 0.29) is 32.4 Å². The Labute approximate surface area is 197 Å². The fraction of sp³-hybridized carbons (Fsp3) is 0.700. The van der Waals surface area contributed by atoms with Crippen molar-refractivity contribution in [3.63, 3.8) is 0 Å². The third-order valence-electron chi connectivity index (χ3n) is 5.35. The number of primary amides is 1. The number of nitrogens with zero attached hydrogens (tertiary/aromatic N) is 1. The average Bonchev–Trinajstić information content (AvgIpc) is 3.29. The zero-order valence-electron chi connectivity index (χ0n) is 19.1. The summed E-state index contributed by atoms with van der Waals surface area (Å²) in [6.07, 6.45) is 1.80. The lowest BCUT2D eigenvalue weighted by Crippen LogP contribution is -2.56. The molecule has 1 fully saturated rings. The second-order valence-electron chi connectivity index (χ2n) is 7.98. The Hall–Kier alpha value is -3.26. The van der Waals surface area contributed by atoms with E-state index in [1.807, 2.05) is 0 Å². The van der Waals surface area contributed by atoms with Crippen molar-refractivity contribution < 1.29 is 33.9 Å². The van der Waals surface area contributed by atoms with Crippen LogP contribution >= 0.6 is 0 Å². The zero-order chi connectivity index (χ0) is 25.7. The van der Waals surface area contributed by atoms with Crippen molar-refractivity contribution in [2.45, 2.75) is 63.1 Å². The molecule has 0 radical (unpaired) electrons. The quantitative estimate of drug-likeness (QED) is 0.114. The summed E-state index contributed by atoms with van der Waals surface area (Å²) in [5.74, 6) is -4.37. The fourth-order valence-corrected chi connectivity index (χ4v) is 3.56. The third kappa shape index (κ3) is 9.70. The molecule has 0 bridgehead atoms. The molecule has 0 aromatic rings. The van der Waals surface area contributed by atoms with Crippen LogP contribution in [0.2, 0.25) is 0 Å². The summed E-state index contributed by atoms with van der Waals surface area (Å²) in [7, 11) is 0.